The molecule has 0 aromatic heterocycles. The van der Waals surface area contributed by atoms with E-state index in [0.29, 0.717) is 0 Å². The van der Waals surface area contributed by atoms with Crippen LogP contribution in [0.5, 0.6) is 0 Å². The summed E-state index contributed by atoms with van der Waals surface area (Å²) >= 11 is 0. The lowest BCUT2D eigenvalue weighted by molar-refractivity contribution is 0.453. The standard InChI is InChI=1S/C15H21N/c16-15(10-3-4-11-15)14-9-5-7-12-6-1-2-8-13(12)14/h5,7,9H,1-4,6,8,10-11,16H2. The highest BCUT2D eigenvalue weighted by atomic mass is 14.8. The fourth-order valence-electron chi connectivity index (χ4n) is 3.52. The molecule has 0 radical (unpaired) electrons. The minimum absolute atomic E-state index is 0.00266. The van der Waals surface area contributed by atoms with Crippen molar-refractivity contribution in [1.82, 2.24) is 0 Å². The predicted octanol–water partition coefficient (Wildman–Crippen LogP) is 3.29. The van der Waals surface area contributed by atoms with Crippen molar-refractivity contribution in [2.75, 3.05) is 0 Å². The Morgan fingerprint density at radius 3 is 2.50 bits per heavy atom. The average Bonchev–Trinajstić information content (AvgIpc) is 2.77. The van der Waals surface area contributed by atoms with Crippen LogP contribution in [-0.4, -0.2) is 0 Å². The van der Waals surface area contributed by atoms with Gasteiger partial charge in [-0.05, 0) is 55.2 Å². The van der Waals surface area contributed by atoms with Crippen LogP contribution in [-0.2, 0) is 18.4 Å². The third-order valence-corrected chi connectivity index (χ3v) is 4.43. The zero-order valence-corrected chi connectivity index (χ0v) is 9.97. The summed E-state index contributed by atoms with van der Waals surface area (Å²) in [7, 11) is 0. The van der Waals surface area contributed by atoms with Gasteiger partial charge in [0.25, 0.3) is 0 Å². The molecule has 0 aliphatic heterocycles. The van der Waals surface area contributed by atoms with Gasteiger partial charge in [0.05, 0.1) is 0 Å². The Morgan fingerprint density at radius 1 is 0.938 bits per heavy atom. The Balaban J connectivity index is 2.06. The van der Waals surface area contributed by atoms with E-state index in [1.165, 1.54) is 56.9 Å². The van der Waals surface area contributed by atoms with Crippen LogP contribution in [0.25, 0.3) is 0 Å². The smallest absolute Gasteiger partial charge is 0.0412 e. The number of fused-ring (bicyclic) bond motifs is 1. The summed E-state index contributed by atoms with van der Waals surface area (Å²) in [5.74, 6) is 0. The van der Waals surface area contributed by atoms with Crippen molar-refractivity contribution in [1.29, 1.82) is 0 Å². The first-order chi connectivity index (χ1) is 7.80. The molecule has 86 valence electrons. The van der Waals surface area contributed by atoms with Crippen LogP contribution in [0.15, 0.2) is 18.2 Å². The SMILES string of the molecule is NC1(c2cccc3c2CCCC3)CCCC1. The topological polar surface area (TPSA) is 26.0 Å². The first-order valence-corrected chi connectivity index (χ1v) is 6.70. The van der Waals surface area contributed by atoms with E-state index in [1.807, 2.05) is 0 Å². The molecule has 2 aliphatic carbocycles. The number of aryl methyl sites for hydroxylation is 1. The highest BCUT2D eigenvalue weighted by Gasteiger charge is 2.33. The van der Waals surface area contributed by atoms with E-state index in [0.717, 1.165) is 0 Å². The molecule has 1 heteroatoms. The van der Waals surface area contributed by atoms with E-state index < -0.39 is 0 Å². The zero-order valence-electron chi connectivity index (χ0n) is 9.97. The molecule has 16 heavy (non-hydrogen) atoms. The average molecular weight is 215 g/mol. The summed E-state index contributed by atoms with van der Waals surface area (Å²) in [4.78, 5) is 0. The van der Waals surface area contributed by atoms with Gasteiger partial charge in [0, 0.05) is 5.54 Å². The molecule has 1 saturated carbocycles. The number of benzene rings is 1. The predicted molar refractivity (Wildman–Crippen MR) is 67.4 cm³/mol. The van der Waals surface area contributed by atoms with Crippen LogP contribution in [0.4, 0.5) is 0 Å². The van der Waals surface area contributed by atoms with E-state index >= 15 is 0 Å². The first kappa shape index (κ1) is 10.3. The summed E-state index contributed by atoms with van der Waals surface area (Å²) in [6, 6.07) is 6.80. The zero-order chi connectivity index (χ0) is 11.0. The van der Waals surface area contributed by atoms with Gasteiger partial charge in [-0.2, -0.15) is 0 Å². The van der Waals surface area contributed by atoms with Gasteiger partial charge in [-0.3, -0.25) is 0 Å². The molecule has 1 nitrogen and oxygen atoms in total. The van der Waals surface area contributed by atoms with E-state index in [2.05, 4.69) is 18.2 Å². The second kappa shape index (κ2) is 3.89. The molecule has 1 aromatic rings. The Hall–Kier alpha value is -0.820. The van der Waals surface area contributed by atoms with Crippen molar-refractivity contribution in [3.63, 3.8) is 0 Å². The van der Waals surface area contributed by atoms with Gasteiger partial charge in [0.1, 0.15) is 0 Å². The van der Waals surface area contributed by atoms with Crippen molar-refractivity contribution in [2.24, 2.45) is 5.73 Å². The molecule has 0 amide bonds. The Morgan fingerprint density at radius 2 is 1.69 bits per heavy atom. The summed E-state index contributed by atoms with van der Waals surface area (Å²) in [6.45, 7) is 0. The summed E-state index contributed by atoms with van der Waals surface area (Å²) < 4.78 is 0. The van der Waals surface area contributed by atoms with Gasteiger partial charge in [0.2, 0.25) is 0 Å². The molecule has 0 atom stereocenters. The molecule has 1 aromatic carbocycles. The van der Waals surface area contributed by atoms with Gasteiger partial charge >= 0.3 is 0 Å². The summed E-state index contributed by atoms with van der Waals surface area (Å²) in [6.07, 6.45) is 10.2. The van der Waals surface area contributed by atoms with Gasteiger partial charge in [-0.1, -0.05) is 31.0 Å². The lowest BCUT2D eigenvalue weighted by Gasteiger charge is -2.30. The molecular weight excluding hydrogens is 194 g/mol. The maximum absolute atomic E-state index is 6.60. The summed E-state index contributed by atoms with van der Waals surface area (Å²) in [5.41, 5.74) is 11.2. The van der Waals surface area contributed by atoms with Gasteiger partial charge in [-0.15, -0.1) is 0 Å². The van der Waals surface area contributed by atoms with Crippen molar-refractivity contribution in [2.45, 2.75) is 56.9 Å². The van der Waals surface area contributed by atoms with E-state index in [9.17, 15) is 0 Å². The lowest BCUT2D eigenvalue weighted by Crippen LogP contribution is -2.34. The fraction of sp³-hybridized carbons (Fsp3) is 0.600. The van der Waals surface area contributed by atoms with Gasteiger partial charge in [0.15, 0.2) is 0 Å². The molecule has 0 bridgehead atoms. The number of nitrogens with two attached hydrogens (primary N) is 1. The molecule has 0 heterocycles. The monoisotopic (exact) mass is 215 g/mol. The summed E-state index contributed by atoms with van der Waals surface area (Å²) in [5, 5.41) is 0. The maximum Gasteiger partial charge on any atom is 0.0412 e. The van der Waals surface area contributed by atoms with Crippen LogP contribution in [0, 0.1) is 0 Å². The third kappa shape index (κ3) is 1.58. The molecule has 1 fully saturated rings. The molecule has 0 unspecified atom stereocenters. The Kier molecular flexibility index (Phi) is 2.51. The largest absolute Gasteiger partial charge is 0.321 e. The molecule has 2 aliphatic rings. The number of rotatable bonds is 1. The molecular formula is C15H21N. The van der Waals surface area contributed by atoms with Crippen molar-refractivity contribution in [3.05, 3.63) is 34.9 Å². The van der Waals surface area contributed by atoms with Crippen LogP contribution in [0.2, 0.25) is 0 Å². The van der Waals surface area contributed by atoms with E-state index in [-0.39, 0.29) is 5.54 Å². The van der Waals surface area contributed by atoms with Crippen molar-refractivity contribution < 1.29 is 0 Å². The molecule has 0 saturated heterocycles. The van der Waals surface area contributed by atoms with E-state index in [4.69, 9.17) is 5.73 Å². The number of hydrogen-bond donors (Lipinski definition) is 1. The van der Waals surface area contributed by atoms with Crippen molar-refractivity contribution in [3.8, 4) is 0 Å². The third-order valence-electron chi connectivity index (χ3n) is 4.43. The molecule has 0 spiro atoms. The second-order valence-corrected chi connectivity index (χ2v) is 5.51. The van der Waals surface area contributed by atoms with E-state index in [1.54, 1.807) is 11.1 Å². The second-order valence-electron chi connectivity index (χ2n) is 5.51. The Bertz CT molecular complexity index is 388. The molecule has 2 N–H and O–H groups in total. The highest BCUT2D eigenvalue weighted by molar-refractivity contribution is 5.41. The Labute approximate surface area is 98.0 Å². The van der Waals surface area contributed by atoms with Crippen LogP contribution in [0.1, 0.15) is 55.2 Å². The lowest BCUT2D eigenvalue weighted by atomic mass is 9.79. The minimum atomic E-state index is 0.00266. The normalized spacial score (nSPS) is 23.1. The van der Waals surface area contributed by atoms with Gasteiger partial charge in [-0.25, -0.2) is 0 Å². The number of hydrogen-bond acceptors (Lipinski definition) is 1. The van der Waals surface area contributed by atoms with Gasteiger partial charge < -0.3 is 5.73 Å². The highest BCUT2D eigenvalue weighted by Crippen LogP contribution is 2.40. The van der Waals surface area contributed by atoms with Crippen LogP contribution < -0.4 is 5.73 Å². The minimum Gasteiger partial charge on any atom is -0.321 e. The maximum atomic E-state index is 6.60. The quantitative estimate of drug-likeness (QED) is 0.764. The molecule has 3 rings (SSSR count). The van der Waals surface area contributed by atoms with Crippen LogP contribution in [0.3, 0.4) is 0 Å². The van der Waals surface area contributed by atoms with Crippen molar-refractivity contribution >= 4 is 0 Å². The fourth-order valence-corrected chi connectivity index (χ4v) is 3.52. The first-order valence-electron chi connectivity index (χ1n) is 6.70. The van der Waals surface area contributed by atoms with Crippen LogP contribution >= 0.6 is 0 Å².